The minimum absolute atomic E-state index is 0.0720. The van der Waals surface area contributed by atoms with Crippen LogP contribution in [0.4, 0.5) is 0 Å². The monoisotopic (exact) mass is 957 g/mol. The van der Waals surface area contributed by atoms with Gasteiger partial charge in [0.15, 0.2) is 6.10 Å². The number of hydrogen-bond donors (Lipinski definition) is 0. The number of allylic oxidation sites excluding steroid dienone is 4. The first-order valence-electron chi connectivity index (χ1n) is 30.3. The SMILES string of the molecule is CCCC/C=C\C/C=C\CCCCCCCC(=O)OC(COC(=O)CCCCCCCCCCC)COC(=O)CCCCCCCCCCCCCCCCCCCCCCCCCCCCC. The van der Waals surface area contributed by atoms with Crippen LogP contribution in [0.5, 0.6) is 0 Å². The summed E-state index contributed by atoms with van der Waals surface area (Å²) >= 11 is 0. The van der Waals surface area contributed by atoms with Crippen LogP contribution in [-0.2, 0) is 28.6 Å². The summed E-state index contributed by atoms with van der Waals surface area (Å²) < 4.78 is 16.8. The second-order valence-corrected chi connectivity index (χ2v) is 20.6. The molecule has 0 aliphatic heterocycles. The van der Waals surface area contributed by atoms with Gasteiger partial charge in [-0.05, 0) is 44.9 Å². The van der Waals surface area contributed by atoms with E-state index in [0.717, 1.165) is 83.5 Å². The van der Waals surface area contributed by atoms with E-state index in [0.29, 0.717) is 19.3 Å². The van der Waals surface area contributed by atoms with E-state index in [1.807, 2.05) is 0 Å². The fraction of sp³-hybridized carbons (Fsp3) is 0.887. The largest absolute Gasteiger partial charge is 0.462 e. The normalized spacial score (nSPS) is 12.1. The van der Waals surface area contributed by atoms with Gasteiger partial charge in [-0.25, -0.2) is 0 Å². The zero-order valence-corrected chi connectivity index (χ0v) is 45.9. The number of carbonyl (C=O) groups is 3. The van der Waals surface area contributed by atoms with Crippen molar-refractivity contribution < 1.29 is 28.6 Å². The van der Waals surface area contributed by atoms with Crippen molar-refractivity contribution in [1.29, 1.82) is 0 Å². The Bertz CT molecular complexity index is 1100. The molecule has 68 heavy (non-hydrogen) atoms. The zero-order chi connectivity index (χ0) is 49.3. The van der Waals surface area contributed by atoms with Gasteiger partial charge in [-0.2, -0.15) is 0 Å². The molecule has 0 spiro atoms. The molecule has 0 amide bonds. The highest BCUT2D eigenvalue weighted by Gasteiger charge is 2.19. The maximum Gasteiger partial charge on any atom is 0.306 e. The fourth-order valence-electron chi connectivity index (χ4n) is 9.11. The summed E-state index contributed by atoms with van der Waals surface area (Å²) in [5.74, 6) is -0.870. The molecule has 1 atom stereocenters. The molecule has 0 aliphatic carbocycles. The lowest BCUT2D eigenvalue weighted by Gasteiger charge is -2.18. The highest BCUT2D eigenvalue weighted by atomic mass is 16.6. The summed E-state index contributed by atoms with van der Waals surface area (Å²) in [5, 5.41) is 0. The molecule has 0 aromatic rings. The quantitative estimate of drug-likeness (QED) is 0.0262. The van der Waals surface area contributed by atoms with Crippen LogP contribution in [0.1, 0.15) is 335 Å². The van der Waals surface area contributed by atoms with Gasteiger partial charge in [0.25, 0.3) is 0 Å². The molecule has 0 radical (unpaired) electrons. The van der Waals surface area contributed by atoms with E-state index in [9.17, 15) is 14.4 Å². The van der Waals surface area contributed by atoms with Crippen molar-refractivity contribution in [3.05, 3.63) is 24.3 Å². The molecule has 0 heterocycles. The topological polar surface area (TPSA) is 78.9 Å². The number of carbonyl (C=O) groups excluding carboxylic acids is 3. The van der Waals surface area contributed by atoms with Gasteiger partial charge in [-0.15, -0.1) is 0 Å². The van der Waals surface area contributed by atoms with Crippen molar-refractivity contribution in [3.8, 4) is 0 Å². The molecule has 1 unspecified atom stereocenters. The van der Waals surface area contributed by atoms with Crippen molar-refractivity contribution in [1.82, 2.24) is 0 Å². The van der Waals surface area contributed by atoms with Gasteiger partial charge in [-0.1, -0.05) is 295 Å². The maximum atomic E-state index is 12.8. The molecular weight excluding hydrogens is 841 g/mol. The molecular formula is C62H116O6. The number of ether oxygens (including phenoxy) is 3. The summed E-state index contributed by atoms with van der Waals surface area (Å²) in [6.07, 6.45) is 67.7. The van der Waals surface area contributed by atoms with Crippen molar-refractivity contribution in [3.63, 3.8) is 0 Å². The lowest BCUT2D eigenvalue weighted by atomic mass is 10.0. The van der Waals surface area contributed by atoms with Crippen LogP contribution >= 0.6 is 0 Å². The molecule has 0 N–H and O–H groups in total. The number of unbranched alkanes of at least 4 members (excludes halogenated alkanes) is 41. The lowest BCUT2D eigenvalue weighted by molar-refractivity contribution is -0.167. The predicted molar refractivity (Wildman–Crippen MR) is 293 cm³/mol. The van der Waals surface area contributed by atoms with Gasteiger partial charge in [0.1, 0.15) is 13.2 Å². The third-order valence-electron chi connectivity index (χ3n) is 13.7. The third kappa shape index (κ3) is 54.8. The molecule has 0 fully saturated rings. The van der Waals surface area contributed by atoms with Crippen molar-refractivity contribution in [2.24, 2.45) is 0 Å². The minimum atomic E-state index is -0.773. The van der Waals surface area contributed by atoms with E-state index in [-0.39, 0.29) is 31.1 Å². The Morgan fingerprint density at radius 2 is 0.544 bits per heavy atom. The van der Waals surface area contributed by atoms with Crippen LogP contribution < -0.4 is 0 Å². The standard InChI is InChI=1S/C62H116O6/c1-4-7-10-13-16-19-21-23-25-26-27-28-29-30-31-32-33-34-35-36-37-39-40-43-46-49-52-55-61(64)67-58-59(57-66-60(63)54-51-48-45-42-18-15-12-9-6-3)68-62(65)56-53-50-47-44-41-38-24-22-20-17-14-11-8-5-2/h14,17,22,24,59H,4-13,15-16,18-21,23,25-58H2,1-3H3/b17-14-,24-22-. The second kappa shape index (κ2) is 57.5. The Balaban J connectivity index is 4.09. The maximum absolute atomic E-state index is 12.8. The minimum Gasteiger partial charge on any atom is -0.462 e. The zero-order valence-electron chi connectivity index (χ0n) is 45.9. The van der Waals surface area contributed by atoms with Crippen LogP contribution in [-0.4, -0.2) is 37.2 Å². The Kier molecular flexibility index (Phi) is 55.7. The fourth-order valence-corrected chi connectivity index (χ4v) is 9.11. The molecule has 0 saturated heterocycles. The Hall–Kier alpha value is -2.11. The van der Waals surface area contributed by atoms with Crippen molar-refractivity contribution in [2.75, 3.05) is 13.2 Å². The summed E-state index contributed by atoms with van der Waals surface area (Å²) in [5.41, 5.74) is 0. The van der Waals surface area contributed by atoms with E-state index >= 15 is 0 Å². The van der Waals surface area contributed by atoms with E-state index < -0.39 is 6.10 Å². The summed E-state index contributed by atoms with van der Waals surface area (Å²) in [4.78, 5) is 38.0. The summed E-state index contributed by atoms with van der Waals surface area (Å²) in [6, 6.07) is 0. The van der Waals surface area contributed by atoms with Crippen LogP contribution in [0.2, 0.25) is 0 Å². The van der Waals surface area contributed by atoms with Gasteiger partial charge in [-0.3, -0.25) is 14.4 Å². The third-order valence-corrected chi connectivity index (χ3v) is 13.7. The Labute approximate surface area is 423 Å². The molecule has 0 aromatic carbocycles. The molecule has 400 valence electrons. The number of esters is 3. The van der Waals surface area contributed by atoms with Crippen LogP contribution in [0, 0.1) is 0 Å². The van der Waals surface area contributed by atoms with Gasteiger partial charge in [0, 0.05) is 19.3 Å². The average Bonchev–Trinajstić information content (AvgIpc) is 3.34. The average molecular weight is 958 g/mol. The van der Waals surface area contributed by atoms with Gasteiger partial charge >= 0.3 is 17.9 Å². The van der Waals surface area contributed by atoms with E-state index in [2.05, 4.69) is 45.1 Å². The highest BCUT2D eigenvalue weighted by Crippen LogP contribution is 2.18. The summed E-state index contributed by atoms with van der Waals surface area (Å²) in [6.45, 7) is 6.62. The van der Waals surface area contributed by atoms with Gasteiger partial charge < -0.3 is 14.2 Å². The molecule has 6 heteroatoms. The molecule has 0 saturated carbocycles. The van der Waals surface area contributed by atoms with Gasteiger partial charge in [0.2, 0.25) is 0 Å². The van der Waals surface area contributed by atoms with E-state index in [1.165, 1.54) is 212 Å². The van der Waals surface area contributed by atoms with Crippen LogP contribution in [0.15, 0.2) is 24.3 Å². The molecule has 0 rings (SSSR count). The van der Waals surface area contributed by atoms with E-state index in [4.69, 9.17) is 14.2 Å². The number of rotatable bonds is 56. The van der Waals surface area contributed by atoms with Crippen molar-refractivity contribution in [2.45, 2.75) is 341 Å². The summed E-state index contributed by atoms with van der Waals surface area (Å²) in [7, 11) is 0. The number of hydrogen-bond acceptors (Lipinski definition) is 6. The first kappa shape index (κ1) is 65.9. The van der Waals surface area contributed by atoms with Crippen LogP contribution in [0.25, 0.3) is 0 Å². The lowest BCUT2D eigenvalue weighted by Crippen LogP contribution is -2.30. The smallest absolute Gasteiger partial charge is 0.306 e. The van der Waals surface area contributed by atoms with E-state index in [1.54, 1.807) is 0 Å². The predicted octanol–water partition coefficient (Wildman–Crippen LogP) is 20.3. The van der Waals surface area contributed by atoms with Gasteiger partial charge in [0.05, 0.1) is 0 Å². The molecule has 6 nitrogen and oxygen atoms in total. The molecule has 0 bridgehead atoms. The first-order valence-corrected chi connectivity index (χ1v) is 30.3. The highest BCUT2D eigenvalue weighted by molar-refractivity contribution is 5.71. The molecule has 0 aliphatic rings. The van der Waals surface area contributed by atoms with Crippen LogP contribution in [0.3, 0.4) is 0 Å². The Morgan fingerprint density at radius 1 is 0.294 bits per heavy atom. The first-order chi connectivity index (χ1) is 33.5. The Morgan fingerprint density at radius 3 is 0.853 bits per heavy atom. The second-order valence-electron chi connectivity index (χ2n) is 20.6. The van der Waals surface area contributed by atoms with Crippen molar-refractivity contribution >= 4 is 17.9 Å². The molecule has 0 aromatic heterocycles.